The third-order valence-corrected chi connectivity index (χ3v) is 2.63. The van der Waals surface area contributed by atoms with E-state index < -0.39 is 0 Å². The van der Waals surface area contributed by atoms with Gasteiger partial charge in [-0.1, -0.05) is 19.1 Å². The van der Waals surface area contributed by atoms with Crippen LogP contribution < -0.4 is 0 Å². The lowest BCUT2D eigenvalue weighted by molar-refractivity contribution is 0.467. The van der Waals surface area contributed by atoms with Crippen LogP contribution in [0.4, 0.5) is 0 Å². The average Bonchev–Trinajstić information content (AvgIpc) is 2.86. The zero-order chi connectivity index (χ0) is 9.42. The van der Waals surface area contributed by atoms with E-state index in [9.17, 15) is 5.11 Å². The molecule has 1 saturated carbocycles. The van der Waals surface area contributed by atoms with E-state index in [0.717, 1.165) is 5.56 Å². The molecular weight excluding hydrogens is 160 g/mol. The van der Waals surface area contributed by atoms with Crippen LogP contribution in [0.1, 0.15) is 42.7 Å². The van der Waals surface area contributed by atoms with Gasteiger partial charge in [0.05, 0.1) is 0 Å². The van der Waals surface area contributed by atoms with Gasteiger partial charge in [-0.05, 0) is 43.2 Å². The first kappa shape index (κ1) is 8.61. The van der Waals surface area contributed by atoms with Gasteiger partial charge < -0.3 is 5.11 Å². The summed E-state index contributed by atoms with van der Waals surface area (Å²) in [6, 6.07) is 5.75. The first-order valence-corrected chi connectivity index (χ1v) is 4.85. The van der Waals surface area contributed by atoms with Crippen LogP contribution in [0.25, 0.3) is 0 Å². The maximum atomic E-state index is 9.72. The smallest absolute Gasteiger partial charge is 0.119 e. The van der Waals surface area contributed by atoms with E-state index >= 15 is 0 Å². The van der Waals surface area contributed by atoms with E-state index in [2.05, 4.69) is 19.9 Å². The molecule has 0 aliphatic heterocycles. The van der Waals surface area contributed by atoms with Gasteiger partial charge in [0.2, 0.25) is 0 Å². The lowest BCUT2D eigenvalue weighted by Gasteiger charge is -2.13. The Kier molecular flexibility index (Phi) is 2.03. The Morgan fingerprint density at radius 3 is 2.69 bits per heavy atom. The molecule has 0 heterocycles. The fourth-order valence-electron chi connectivity index (χ4n) is 1.82. The Balaban J connectivity index is 2.47. The van der Waals surface area contributed by atoms with Crippen LogP contribution in [0.3, 0.4) is 0 Å². The van der Waals surface area contributed by atoms with Gasteiger partial charge in [0, 0.05) is 5.56 Å². The van der Waals surface area contributed by atoms with Crippen molar-refractivity contribution in [2.75, 3.05) is 0 Å². The Morgan fingerprint density at radius 2 is 2.15 bits per heavy atom. The maximum absolute atomic E-state index is 9.72. The minimum Gasteiger partial charge on any atom is -0.508 e. The topological polar surface area (TPSA) is 20.2 Å². The number of rotatable bonds is 2. The Hall–Kier alpha value is -0.980. The average molecular weight is 175 g/mol. The summed E-state index contributed by atoms with van der Waals surface area (Å²) in [5.41, 5.74) is 2.35. The van der Waals surface area contributed by atoms with Crippen LogP contribution in [0.15, 0.2) is 18.2 Å². The van der Waals surface area contributed by atoms with Crippen molar-refractivity contribution in [1.29, 1.82) is 0 Å². The quantitative estimate of drug-likeness (QED) is 0.731. The molecule has 1 aliphatic carbocycles. The van der Waals surface area contributed by atoms with Gasteiger partial charge in [-0.3, -0.25) is 0 Å². The third kappa shape index (κ3) is 1.55. The number of benzene rings is 1. The van der Waals surface area contributed by atoms with Gasteiger partial charge in [-0.25, -0.2) is 0 Å². The van der Waals surface area contributed by atoms with Crippen LogP contribution in [-0.4, -0.2) is 5.11 Å². The molecule has 1 aromatic carbocycles. The fourth-order valence-corrected chi connectivity index (χ4v) is 1.82. The predicted molar refractivity (Wildman–Crippen MR) is 53.9 cm³/mol. The maximum Gasteiger partial charge on any atom is 0.119 e. The molecule has 2 rings (SSSR count). The molecule has 1 unspecified atom stereocenters. The summed E-state index contributed by atoms with van der Waals surface area (Å²) in [4.78, 5) is 0. The molecule has 0 saturated heterocycles. The number of hydrogen-bond acceptors (Lipinski definition) is 1. The number of aromatic hydroxyl groups is 1. The molecule has 69 valence electrons. The molecule has 1 aliphatic rings. The van der Waals surface area contributed by atoms with E-state index in [0.29, 0.717) is 11.7 Å². The van der Waals surface area contributed by atoms with Gasteiger partial charge >= 0.3 is 0 Å². The van der Waals surface area contributed by atoms with Crippen LogP contribution in [0, 0.1) is 6.92 Å². The van der Waals surface area contributed by atoms with Gasteiger partial charge in [0.15, 0.2) is 0 Å². The second-order valence-electron chi connectivity index (χ2n) is 3.96. The summed E-state index contributed by atoms with van der Waals surface area (Å²) in [6.07, 6.45) is 2.44. The van der Waals surface area contributed by atoms with Crippen LogP contribution >= 0.6 is 0 Å². The lowest BCUT2D eigenvalue weighted by Crippen LogP contribution is -1.95. The third-order valence-electron chi connectivity index (χ3n) is 2.63. The molecule has 1 fully saturated rings. The number of phenolic OH excluding ortho intramolecular Hbond substituents is 1. The predicted octanol–water partition coefficient (Wildman–Crippen LogP) is 3.21. The normalized spacial score (nSPS) is 16.5. The summed E-state index contributed by atoms with van der Waals surface area (Å²) in [5, 5.41) is 9.72. The minimum atomic E-state index is 0.266. The highest BCUT2D eigenvalue weighted by Crippen LogP contribution is 2.46. The van der Waals surface area contributed by atoms with Crippen molar-refractivity contribution < 1.29 is 5.11 Å². The molecule has 1 atom stereocenters. The van der Waals surface area contributed by atoms with Crippen molar-refractivity contribution in [3.8, 4) is 5.75 Å². The van der Waals surface area contributed by atoms with Gasteiger partial charge in [0.1, 0.15) is 5.75 Å². The molecular formula is C12H15O. The molecule has 1 aromatic rings. The van der Waals surface area contributed by atoms with Gasteiger partial charge in [0.25, 0.3) is 0 Å². The Morgan fingerprint density at radius 1 is 1.46 bits per heavy atom. The number of phenols is 1. The first-order chi connectivity index (χ1) is 6.20. The van der Waals surface area contributed by atoms with Crippen molar-refractivity contribution in [3.05, 3.63) is 36.2 Å². The second kappa shape index (κ2) is 3.06. The van der Waals surface area contributed by atoms with E-state index in [1.165, 1.54) is 18.4 Å². The SMILES string of the molecule is [CH2]C(C)c1cccc(O)c1C1CC1. The molecule has 0 amide bonds. The zero-order valence-electron chi connectivity index (χ0n) is 7.96. The Labute approximate surface area is 79.4 Å². The molecule has 1 radical (unpaired) electrons. The molecule has 1 heteroatoms. The van der Waals surface area contributed by atoms with Crippen molar-refractivity contribution >= 4 is 0 Å². The zero-order valence-corrected chi connectivity index (χ0v) is 7.96. The lowest BCUT2D eigenvalue weighted by atomic mass is 9.94. The number of hydrogen-bond donors (Lipinski definition) is 1. The molecule has 1 N–H and O–H groups in total. The summed E-state index contributed by atoms with van der Waals surface area (Å²) in [7, 11) is 0. The molecule has 0 aromatic heterocycles. The highest BCUT2D eigenvalue weighted by Gasteiger charge is 2.29. The van der Waals surface area contributed by atoms with E-state index in [1.807, 2.05) is 6.07 Å². The van der Waals surface area contributed by atoms with Gasteiger partial charge in [-0.15, -0.1) is 0 Å². The monoisotopic (exact) mass is 175 g/mol. The second-order valence-corrected chi connectivity index (χ2v) is 3.96. The van der Waals surface area contributed by atoms with E-state index in [4.69, 9.17) is 0 Å². The van der Waals surface area contributed by atoms with Crippen molar-refractivity contribution in [2.45, 2.75) is 31.6 Å². The highest BCUT2D eigenvalue weighted by atomic mass is 16.3. The van der Waals surface area contributed by atoms with E-state index in [-0.39, 0.29) is 5.92 Å². The largest absolute Gasteiger partial charge is 0.508 e. The van der Waals surface area contributed by atoms with Gasteiger partial charge in [-0.2, -0.15) is 0 Å². The van der Waals surface area contributed by atoms with Crippen LogP contribution in [0.2, 0.25) is 0 Å². The first-order valence-electron chi connectivity index (χ1n) is 4.85. The molecule has 1 nitrogen and oxygen atoms in total. The summed E-state index contributed by atoms with van der Waals surface area (Å²) in [5.74, 6) is 1.32. The summed E-state index contributed by atoms with van der Waals surface area (Å²) >= 11 is 0. The molecule has 0 spiro atoms. The van der Waals surface area contributed by atoms with Crippen LogP contribution in [-0.2, 0) is 0 Å². The van der Waals surface area contributed by atoms with Crippen LogP contribution in [0.5, 0.6) is 5.75 Å². The molecule has 13 heavy (non-hydrogen) atoms. The summed E-state index contributed by atoms with van der Waals surface area (Å²) < 4.78 is 0. The molecule has 0 bridgehead atoms. The standard InChI is InChI=1S/C12H15O/c1-8(2)10-4-3-5-11(13)12(10)9-6-7-9/h3-5,8-9,13H,1,6-7H2,2H3. The highest BCUT2D eigenvalue weighted by molar-refractivity contribution is 5.45. The van der Waals surface area contributed by atoms with Crippen molar-refractivity contribution in [3.63, 3.8) is 0 Å². The minimum absolute atomic E-state index is 0.266. The van der Waals surface area contributed by atoms with E-state index in [1.54, 1.807) is 6.07 Å². The fraction of sp³-hybridized carbons (Fsp3) is 0.417. The Bertz CT molecular complexity index is 311. The summed E-state index contributed by atoms with van der Waals surface area (Å²) in [6.45, 7) is 6.08. The van der Waals surface area contributed by atoms with Crippen molar-refractivity contribution in [1.82, 2.24) is 0 Å². The van der Waals surface area contributed by atoms with Crippen molar-refractivity contribution in [2.24, 2.45) is 0 Å².